The number of benzene rings is 3. The van der Waals surface area contributed by atoms with Gasteiger partial charge in [-0.05, 0) is 97.6 Å². The maximum absolute atomic E-state index is 14.7. The highest BCUT2D eigenvalue weighted by atomic mass is 19.2. The summed E-state index contributed by atoms with van der Waals surface area (Å²) in [6.45, 7) is 4.64. The lowest BCUT2D eigenvalue weighted by molar-refractivity contribution is 0.308. The molecule has 3 aromatic rings. The van der Waals surface area contributed by atoms with Crippen LogP contribution in [0.3, 0.4) is 0 Å². The van der Waals surface area contributed by atoms with Gasteiger partial charge in [-0.3, -0.25) is 0 Å². The fourth-order valence-corrected chi connectivity index (χ4v) is 5.23. The first-order valence-electron chi connectivity index (χ1n) is 12.2. The number of fused-ring (bicyclic) bond motifs is 1. The van der Waals surface area contributed by atoms with Gasteiger partial charge in [0, 0.05) is 5.39 Å². The third-order valence-corrected chi connectivity index (χ3v) is 7.05. The summed E-state index contributed by atoms with van der Waals surface area (Å²) in [6, 6.07) is 15.8. The van der Waals surface area contributed by atoms with Crippen molar-refractivity contribution >= 4 is 10.8 Å². The van der Waals surface area contributed by atoms with Crippen molar-refractivity contribution in [2.75, 3.05) is 6.61 Å². The van der Waals surface area contributed by atoms with Gasteiger partial charge in [0.1, 0.15) is 5.75 Å². The van der Waals surface area contributed by atoms with Crippen molar-refractivity contribution in [1.29, 1.82) is 0 Å². The third-order valence-electron chi connectivity index (χ3n) is 7.05. The Kier molecular flexibility index (Phi) is 7.44. The number of aryl methyl sites for hydroxylation is 2. The molecule has 0 N–H and O–H groups in total. The molecule has 1 saturated carbocycles. The standard InChI is InChI=1S/C29H34F2O/c1-3-5-20-6-11-22(12-7-20)23-13-8-21(9-14-23)10-15-25-18-24-16-17-26(32-4-2)19-27(24)29(31)28(25)30/h8-9,13-14,16-20,22H,3-7,10-12,15H2,1-2H3. The summed E-state index contributed by atoms with van der Waals surface area (Å²) < 4.78 is 34.9. The molecule has 3 heteroatoms. The van der Waals surface area contributed by atoms with E-state index in [2.05, 4.69) is 31.2 Å². The summed E-state index contributed by atoms with van der Waals surface area (Å²) >= 11 is 0. The molecule has 0 saturated heterocycles. The molecule has 0 bridgehead atoms. The van der Waals surface area contributed by atoms with Gasteiger partial charge in [-0.2, -0.15) is 0 Å². The summed E-state index contributed by atoms with van der Waals surface area (Å²) in [7, 11) is 0. The van der Waals surface area contributed by atoms with Crippen molar-refractivity contribution in [2.45, 2.75) is 71.1 Å². The van der Waals surface area contributed by atoms with Crippen LogP contribution < -0.4 is 4.74 Å². The summed E-state index contributed by atoms with van der Waals surface area (Å²) in [5.74, 6) is 0.619. The zero-order valence-corrected chi connectivity index (χ0v) is 19.3. The van der Waals surface area contributed by atoms with Crippen LogP contribution in [0.15, 0.2) is 48.5 Å². The largest absolute Gasteiger partial charge is 0.494 e. The van der Waals surface area contributed by atoms with Crippen molar-refractivity contribution in [2.24, 2.45) is 5.92 Å². The Morgan fingerprint density at radius 3 is 2.28 bits per heavy atom. The van der Waals surface area contributed by atoms with Crippen molar-refractivity contribution < 1.29 is 13.5 Å². The van der Waals surface area contributed by atoms with Crippen LogP contribution in [0.4, 0.5) is 8.78 Å². The van der Waals surface area contributed by atoms with Crippen molar-refractivity contribution in [3.63, 3.8) is 0 Å². The van der Waals surface area contributed by atoms with Gasteiger partial charge in [-0.15, -0.1) is 0 Å². The second kappa shape index (κ2) is 10.5. The fourth-order valence-electron chi connectivity index (χ4n) is 5.23. The minimum Gasteiger partial charge on any atom is -0.494 e. The molecule has 0 atom stereocenters. The Morgan fingerprint density at radius 2 is 1.59 bits per heavy atom. The molecule has 0 heterocycles. The fraction of sp³-hybridized carbons (Fsp3) is 0.448. The Hall–Kier alpha value is -2.42. The minimum absolute atomic E-state index is 0.273. The van der Waals surface area contributed by atoms with Crippen molar-refractivity contribution in [1.82, 2.24) is 0 Å². The van der Waals surface area contributed by atoms with Crippen molar-refractivity contribution in [3.8, 4) is 5.75 Å². The van der Waals surface area contributed by atoms with Crippen LogP contribution in [0.2, 0.25) is 0 Å². The van der Waals surface area contributed by atoms with E-state index in [1.807, 2.05) is 6.92 Å². The molecule has 0 unspecified atom stereocenters. The van der Waals surface area contributed by atoms with E-state index in [9.17, 15) is 8.78 Å². The van der Waals surface area contributed by atoms with Gasteiger partial charge in [-0.1, -0.05) is 50.1 Å². The molecule has 0 radical (unpaired) electrons. The van der Waals surface area contributed by atoms with E-state index in [1.165, 1.54) is 49.7 Å². The minimum atomic E-state index is -0.784. The molecule has 0 spiro atoms. The number of hydrogen-bond donors (Lipinski definition) is 0. The van der Waals surface area contributed by atoms with Crippen LogP contribution in [0, 0.1) is 17.6 Å². The van der Waals surface area contributed by atoms with E-state index < -0.39 is 11.6 Å². The number of hydrogen-bond acceptors (Lipinski definition) is 1. The maximum Gasteiger partial charge on any atom is 0.167 e. The van der Waals surface area contributed by atoms with Crippen LogP contribution in [0.25, 0.3) is 10.8 Å². The highest BCUT2D eigenvalue weighted by Crippen LogP contribution is 2.37. The lowest BCUT2D eigenvalue weighted by Gasteiger charge is -2.28. The first kappa shape index (κ1) is 22.8. The molecule has 32 heavy (non-hydrogen) atoms. The van der Waals surface area contributed by atoms with Gasteiger partial charge in [0.25, 0.3) is 0 Å². The molecule has 1 aliphatic rings. The van der Waals surface area contributed by atoms with Crippen LogP contribution in [0.1, 0.15) is 75.0 Å². The second-order valence-electron chi connectivity index (χ2n) is 9.23. The van der Waals surface area contributed by atoms with E-state index in [0.29, 0.717) is 42.1 Å². The Labute approximate surface area is 190 Å². The average molecular weight is 437 g/mol. The molecule has 4 rings (SSSR count). The highest BCUT2D eigenvalue weighted by molar-refractivity contribution is 5.85. The molecule has 0 aromatic heterocycles. The van der Waals surface area contributed by atoms with E-state index in [0.717, 1.165) is 5.92 Å². The van der Waals surface area contributed by atoms with Gasteiger partial charge in [0.2, 0.25) is 0 Å². The normalized spacial score (nSPS) is 18.8. The molecule has 1 aliphatic carbocycles. The maximum atomic E-state index is 14.7. The van der Waals surface area contributed by atoms with Crippen LogP contribution in [-0.2, 0) is 12.8 Å². The van der Waals surface area contributed by atoms with Crippen LogP contribution in [0.5, 0.6) is 5.75 Å². The smallest absolute Gasteiger partial charge is 0.167 e. The Balaban J connectivity index is 1.41. The lowest BCUT2D eigenvalue weighted by atomic mass is 9.77. The first-order chi connectivity index (χ1) is 15.6. The predicted molar refractivity (Wildman–Crippen MR) is 128 cm³/mol. The molecule has 170 valence electrons. The van der Waals surface area contributed by atoms with E-state index in [4.69, 9.17) is 4.74 Å². The molecule has 3 aromatic carbocycles. The monoisotopic (exact) mass is 436 g/mol. The Morgan fingerprint density at radius 1 is 0.844 bits per heavy atom. The highest BCUT2D eigenvalue weighted by Gasteiger charge is 2.21. The van der Waals surface area contributed by atoms with Gasteiger partial charge in [0.15, 0.2) is 11.6 Å². The first-order valence-corrected chi connectivity index (χ1v) is 12.2. The van der Waals surface area contributed by atoms with Gasteiger partial charge in [0.05, 0.1) is 6.61 Å². The van der Waals surface area contributed by atoms with Gasteiger partial charge in [-0.25, -0.2) is 8.78 Å². The third kappa shape index (κ3) is 5.14. The van der Waals surface area contributed by atoms with E-state index in [1.54, 1.807) is 24.3 Å². The van der Waals surface area contributed by atoms with E-state index >= 15 is 0 Å². The summed E-state index contributed by atoms with van der Waals surface area (Å²) in [6.07, 6.45) is 9.10. The summed E-state index contributed by atoms with van der Waals surface area (Å²) in [5, 5.41) is 0.978. The van der Waals surface area contributed by atoms with Crippen LogP contribution in [-0.4, -0.2) is 6.61 Å². The molecule has 1 fully saturated rings. The van der Waals surface area contributed by atoms with E-state index in [-0.39, 0.29) is 5.39 Å². The molecule has 0 aliphatic heterocycles. The number of ether oxygens (including phenoxy) is 1. The predicted octanol–water partition coefficient (Wildman–Crippen LogP) is 8.38. The number of rotatable bonds is 8. The second-order valence-corrected chi connectivity index (χ2v) is 9.23. The van der Waals surface area contributed by atoms with Crippen molar-refractivity contribution in [3.05, 3.63) is 76.9 Å². The molecular formula is C29H34F2O. The lowest BCUT2D eigenvalue weighted by Crippen LogP contribution is -2.13. The molecular weight excluding hydrogens is 402 g/mol. The number of halogens is 2. The summed E-state index contributed by atoms with van der Waals surface area (Å²) in [5.41, 5.74) is 3.02. The SMILES string of the molecule is CCCC1CCC(c2ccc(CCc3cc4ccc(OCC)cc4c(F)c3F)cc2)CC1. The molecule has 0 amide bonds. The van der Waals surface area contributed by atoms with Crippen LogP contribution >= 0.6 is 0 Å². The molecule has 1 nitrogen and oxygen atoms in total. The zero-order valence-electron chi connectivity index (χ0n) is 19.3. The van der Waals surface area contributed by atoms with Gasteiger partial charge >= 0.3 is 0 Å². The topological polar surface area (TPSA) is 9.23 Å². The quantitative estimate of drug-likeness (QED) is 0.344. The van der Waals surface area contributed by atoms with Gasteiger partial charge < -0.3 is 4.74 Å². The Bertz CT molecular complexity index is 1030. The average Bonchev–Trinajstić information content (AvgIpc) is 2.82. The zero-order chi connectivity index (χ0) is 22.5. The summed E-state index contributed by atoms with van der Waals surface area (Å²) in [4.78, 5) is 0.